The van der Waals surface area contributed by atoms with E-state index in [0.29, 0.717) is 11.4 Å². The van der Waals surface area contributed by atoms with Gasteiger partial charge in [-0.25, -0.2) is 4.79 Å². The summed E-state index contributed by atoms with van der Waals surface area (Å²) in [5.74, 6) is -0.541. The van der Waals surface area contributed by atoms with Crippen LogP contribution in [0.1, 0.15) is 18.5 Å². The van der Waals surface area contributed by atoms with Gasteiger partial charge in [0.2, 0.25) is 0 Å². The van der Waals surface area contributed by atoms with Gasteiger partial charge >= 0.3 is 11.7 Å². The molecule has 106 valence electrons. The fourth-order valence-corrected chi connectivity index (χ4v) is 3.37. The topological polar surface area (TPSA) is 81.3 Å². The van der Waals surface area contributed by atoms with Crippen LogP contribution in [0, 0.1) is 0 Å². The van der Waals surface area contributed by atoms with Gasteiger partial charge in [-0.2, -0.15) is 11.8 Å². The lowest BCUT2D eigenvalue weighted by Crippen LogP contribution is -2.42. The van der Waals surface area contributed by atoms with Crippen molar-refractivity contribution in [2.24, 2.45) is 7.05 Å². The van der Waals surface area contributed by atoms with E-state index >= 15 is 0 Å². The van der Waals surface area contributed by atoms with Crippen molar-refractivity contribution in [1.29, 1.82) is 0 Å². The maximum Gasteiger partial charge on any atom is 0.331 e. The highest BCUT2D eigenvalue weighted by Crippen LogP contribution is 2.23. The zero-order chi connectivity index (χ0) is 14.7. The molecule has 1 atom stereocenters. The molecular formula is C11H15BrN2O4S. The standard InChI is InChI=1S/C11H15BrN2O4S/c1-6(5-19-3)9-8(12)10(17)13(2)11(18)14(9)4-7(15)16/h6H,4-5H2,1-3H3,(H,15,16)/t6-/m1/s1. The second kappa shape index (κ2) is 6.42. The Hall–Kier alpha value is -1.02. The number of carboxylic acid groups (broad SMARTS) is 1. The molecule has 0 radical (unpaired) electrons. The third-order valence-electron chi connectivity index (χ3n) is 2.70. The van der Waals surface area contributed by atoms with Crippen LogP contribution in [0.25, 0.3) is 0 Å². The molecule has 0 fully saturated rings. The summed E-state index contributed by atoms with van der Waals surface area (Å²) in [5, 5.41) is 8.91. The molecule has 0 bridgehead atoms. The number of nitrogens with zero attached hydrogens (tertiary/aromatic N) is 2. The Balaban J connectivity index is 3.61. The first-order valence-corrected chi connectivity index (χ1v) is 7.69. The molecule has 0 saturated carbocycles. The molecule has 1 aromatic heterocycles. The van der Waals surface area contributed by atoms with Gasteiger partial charge in [-0.05, 0) is 22.2 Å². The van der Waals surface area contributed by atoms with Crippen LogP contribution < -0.4 is 11.2 Å². The van der Waals surface area contributed by atoms with Crippen LogP contribution in [-0.4, -0.2) is 32.2 Å². The van der Waals surface area contributed by atoms with Crippen molar-refractivity contribution >= 4 is 33.7 Å². The zero-order valence-corrected chi connectivity index (χ0v) is 13.2. The number of aliphatic carboxylic acids is 1. The maximum atomic E-state index is 12.0. The summed E-state index contributed by atoms with van der Waals surface area (Å²) >= 11 is 4.75. The van der Waals surface area contributed by atoms with E-state index in [1.165, 1.54) is 7.05 Å². The molecule has 0 aliphatic rings. The number of carboxylic acids is 1. The maximum absolute atomic E-state index is 12.0. The molecule has 0 amide bonds. The van der Waals surface area contributed by atoms with E-state index in [1.54, 1.807) is 11.8 Å². The first kappa shape index (κ1) is 16.0. The minimum absolute atomic E-state index is 0.106. The number of hydrogen-bond donors (Lipinski definition) is 1. The Morgan fingerprint density at radius 2 is 2.05 bits per heavy atom. The van der Waals surface area contributed by atoms with E-state index in [-0.39, 0.29) is 10.4 Å². The van der Waals surface area contributed by atoms with Gasteiger partial charge in [0.05, 0.1) is 0 Å². The van der Waals surface area contributed by atoms with Crippen molar-refractivity contribution in [2.75, 3.05) is 12.0 Å². The van der Waals surface area contributed by atoms with Crippen LogP contribution in [-0.2, 0) is 18.4 Å². The number of carbonyl (C=O) groups is 1. The van der Waals surface area contributed by atoms with Crippen molar-refractivity contribution in [1.82, 2.24) is 9.13 Å². The summed E-state index contributed by atoms with van der Waals surface area (Å²) in [4.78, 5) is 34.8. The van der Waals surface area contributed by atoms with E-state index < -0.39 is 23.8 Å². The average Bonchev–Trinajstić information content (AvgIpc) is 2.33. The normalized spacial score (nSPS) is 12.4. The monoisotopic (exact) mass is 350 g/mol. The first-order valence-electron chi connectivity index (χ1n) is 5.51. The second-order valence-electron chi connectivity index (χ2n) is 4.18. The highest BCUT2D eigenvalue weighted by Gasteiger charge is 2.21. The molecule has 1 N–H and O–H groups in total. The molecule has 0 aliphatic carbocycles. The lowest BCUT2D eigenvalue weighted by Gasteiger charge is -2.19. The Labute approximate surface area is 122 Å². The van der Waals surface area contributed by atoms with E-state index in [1.807, 2.05) is 13.2 Å². The van der Waals surface area contributed by atoms with Crippen LogP contribution in [0.3, 0.4) is 0 Å². The fourth-order valence-electron chi connectivity index (χ4n) is 1.85. The lowest BCUT2D eigenvalue weighted by molar-refractivity contribution is -0.137. The largest absolute Gasteiger partial charge is 0.480 e. The van der Waals surface area contributed by atoms with Crippen molar-refractivity contribution < 1.29 is 9.90 Å². The van der Waals surface area contributed by atoms with Gasteiger partial charge in [-0.1, -0.05) is 6.92 Å². The van der Waals surface area contributed by atoms with Crippen LogP contribution in [0.15, 0.2) is 14.1 Å². The SMILES string of the molecule is CSC[C@@H](C)c1c(Br)c(=O)n(C)c(=O)n1CC(=O)O. The minimum atomic E-state index is -1.12. The number of aromatic nitrogens is 2. The smallest absolute Gasteiger partial charge is 0.331 e. The molecule has 1 aromatic rings. The average molecular weight is 351 g/mol. The quantitative estimate of drug-likeness (QED) is 0.851. The van der Waals surface area contributed by atoms with Crippen LogP contribution in [0.4, 0.5) is 0 Å². The highest BCUT2D eigenvalue weighted by molar-refractivity contribution is 9.10. The van der Waals surface area contributed by atoms with E-state index in [4.69, 9.17) is 5.11 Å². The van der Waals surface area contributed by atoms with Gasteiger partial charge in [0.1, 0.15) is 11.0 Å². The summed E-state index contributed by atoms with van der Waals surface area (Å²) in [6, 6.07) is 0. The Bertz CT molecular complexity index is 608. The van der Waals surface area contributed by atoms with Crippen molar-refractivity contribution in [2.45, 2.75) is 19.4 Å². The number of rotatable bonds is 5. The summed E-state index contributed by atoms with van der Waals surface area (Å²) in [5.41, 5.74) is -0.627. The molecule has 1 heterocycles. The molecule has 0 unspecified atom stereocenters. The molecule has 0 aromatic carbocycles. The van der Waals surface area contributed by atoms with Gasteiger partial charge in [-0.15, -0.1) is 0 Å². The van der Waals surface area contributed by atoms with E-state index in [0.717, 1.165) is 9.13 Å². The van der Waals surface area contributed by atoms with Gasteiger partial charge < -0.3 is 5.11 Å². The third-order valence-corrected chi connectivity index (χ3v) is 4.28. The zero-order valence-electron chi connectivity index (χ0n) is 10.8. The molecular weight excluding hydrogens is 336 g/mol. The van der Waals surface area contributed by atoms with Crippen LogP contribution in [0.5, 0.6) is 0 Å². The predicted molar refractivity (Wildman–Crippen MR) is 78.1 cm³/mol. The summed E-state index contributed by atoms with van der Waals surface area (Å²) in [7, 11) is 1.33. The van der Waals surface area contributed by atoms with E-state index in [9.17, 15) is 14.4 Å². The van der Waals surface area contributed by atoms with Gasteiger partial charge in [0, 0.05) is 24.4 Å². The van der Waals surface area contributed by atoms with E-state index in [2.05, 4.69) is 15.9 Å². The first-order chi connectivity index (χ1) is 8.81. The molecule has 8 heteroatoms. The Morgan fingerprint density at radius 1 is 1.47 bits per heavy atom. The van der Waals surface area contributed by atoms with Crippen molar-refractivity contribution in [3.05, 3.63) is 31.0 Å². The number of hydrogen-bond acceptors (Lipinski definition) is 4. The van der Waals surface area contributed by atoms with Gasteiger partial charge in [-0.3, -0.25) is 18.7 Å². The molecule has 0 saturated heterocycles. The second-order valence-corrected chi connectivity index (χ2v) is 5.89. The molecule has 19 heavy (non-hydrogen) atoms. The summed E-state index contributed by atoms with van der Waals surface area (Å²) in [6.07, 6.45) is 1.91. The minimum Gasteiger partial charge on any atom is -0.480 e. The lowest BCUT2D eigenvalue weighted by atomic mass is 10.1. The molecule has 6 nitrogen and oxygen atoms in total. The summed E-state index contributed by atoms with van der Waals surface area (Å²) < 4.78 is 2.29. The van der Waals surface area contributed by atoms with Gasteiger partial charge in [0.15, 0.2) is 0 Å². The summed E-state index contributed by atoms with van der Waals surface area (Å²) in [6.45, 7) is 1.40. The molecule has 0 aliphatic heterocycles. The van der Waals surface area contributed by atoms with Crippen LogP contribution in [0.2, 0.25) is 0 Å². The molecule has 1 rings (SSSR count). The van der Waals surface area contributed by atoms with Crippen molar-refractivity contribution in [3.8, 4) is 0 Å². The van der Waals surface area contributed by atoms with Gasteiger partial charge in [0.25, 0.3) is 5.56 Å². The predicted octanol–water partition coefficient (Wildman–Crippen LogP) is 0.861. The molecule has 0 spiro atoms. The third kappa shape index (κ3) is 3.30. The van der Waals surface area contributed by atoms with Crippen LogP contribution >= 0.6 is 27.7 Å². The number of halogens is 1. The Morgan fingerprint density at radius 3 is 2.53 bits per heavy atom. The fraction of sp³-hybridized carbons (Fsp3) is 0.545. The highest BCUT2D eigenvalue weighted by atomic mass is 79.9. The Kier molecular flexibility index (Phi) is 5.42. The van der Waals surface area contributed by atoms with Crippen molar-refractivity contribution in [3.63, 3.8) is 0 Å². The number of thioether (sulfide) groups is 1.